The molecule has 4 nitrogen and oxygen atoms in total. The Balaban J connectivity index is 2.00. The van der Waals surface area contributed by atoms with Gasteiger partial charge in [-0.2, -0.15) is 0 Å². The van der Waals surface area contributed by atoms with Gasteiger partial charge in [0, 0.05) is 25.2 Å². The first-order valence-corrected chi connectivity index (χ1v) is 7.03. The van der Waals surface area contributed by atoms with E-state index in [4.69, 9.17) is 16.3 Å². The molecule has 0 N–H and O–H groups in total. The van der Waals surface area contributed by atoms with E-state index in [-0.39, 0.29) is 0 Å². The van der Waals surface area contributed by atoms with Crippen LogP contribution in [0.2, 0.25) is 0 Å². The molecule has 0 radical (unpaired) electrons. The summed E-state index contributed by atoms with van der Waals surface area (Å²) in [6.45, 7) is 1.62. The third-order valence-corrected chi connectivity index (χ3v) is 4.26. The van der Waals surface area contributed by atoms with E-state index in [1.165, 1.54) is 0 Å². The number of rotatable bonds is 3. The molecule has 1 atom stereocenters. The zero-order valence-corrected chi connectivity index (χ0v) is 11.2. The van der Waals surface area contributed by atoms with Crippen LogP contribution in [0.15, 0.2) is 11.6 Å². The maximum atomic E-state index is 6.05. The lowest BCUT2D eigenvalue weighted by Gasteiger charge is -2.23. The van der Waals surface area contributed by atoms with Gasteiger partial charge in [-0.3, -0.25) is 4.40 Å². The standard InChI is InChI=1S/C11H14ClN3OS/c1-14(8-2-4-16-7-8)10-9(6-12)15-3-5-17-11(15)13-10/h3,5,8H,2,4,6-7H2,1H3. The van der Waals surface area contributed by atoms with E-state index < -0.39 is 0 Å². The number of thiazole rings is 1. The summed E-state index contributed by atoms with van der Waals surface area (Å²) in [5.74, 6) is 1.47. The van der Waals surface area contributed by atoms with Gasteiger partial charge in [0.25, 0.3) is 0 Å². The van der Waals surface area contributed by atoms with Gasteiger partial charge >= 0.3 is 0 Å². The molecule has 1 fully saturated rings. The summed E-state index contributed by atoms with van der Waals surface area (Å²) in [6, 6.07) is 0.418. The number of anilines is 1. The lowest BCUT2D eigenvalue weighted by atomic mass is 10.2. The van der Waals surface area contributed by atoms with Crippen molar-refractivity contribution in [1.29, 1.82) is 0 Å². The molecule has 0 bridgehead atoms. The Hall–Kier alpha value is -0.780. The molecule has 0 aromatic carbocycles. The molecular formula is C11H14ClN3OS. The normalized spacial score (nSPS) is 20.2. The monoisotopic (exact) mass is 271 g/mol. The fourth-order valence-electron chi connectivity index (χ4n) is 2.23. The summed E-state index contributed by atoms with van der Waals surface area (Å²) in [7, 11) is 2.07. The molecule has 0 saturated carbocycles. The van der Waals surface area contributed by atoms with Crippen LogP contribution >= 0.6 is 22.9 Å². The molecule has 1 aliphatic rings. The van der Waals surface area contributed by atoms with E-state index in [9.17, 15) is 0 Å². The summed E-state index contributed by atoms with van der Waals surface area (Å²) in [6.07, 6.45) is 3.08. The van der Waals surface area contributed by atoms with Crippen LogP contribution < -0.4 is 4.90 Å². The number of hydrogen-bond acceptors (Lipinski definition) is 4. The molecular weight excluding hydrogens is 258 g/mol. The van der Waals surface area contributed by atoms with Crippen LogP contribution in [0.3, 0.4) is 0 Å². The smallest absolute Gasteiger partial charge is 0.195 e. The van der Waals surface area contributed by atoms with Gasteiger partial charge in [0.05, 0.1) is 24.2 Å². The minimum Gasteiger partial charge on any atom is -0.379 e. The number of likely N-dealkylation sites (N-methyl/N-ethyl adjacent to an activating group) is 1. The second-order valence-electron chi connectivity index (χ2n) is 4.20. The zero-order chi connectivity index (χ0) is 11.8. The topological polar surface area (TPSA) is 29.8 Å². The average Bonchev–Trinajstić information content (AvgIpc) is 3.03. The van der Waals surface area contributed by atoms with E-state index in [1.807, 2.05) is 11.6 Å². The van der Waals surface area contributed by atoms with Crippen molar-refractivity contribution in [3.05, 3.63) is 17.3 Å². The number of fused-ring (bicyclic) bond motifs is 1. The summed E-state index contributed by atoms with van der Waals surface area (Å²) in [5, 5.41) is 2.03. The molecule has 3 rings (SSSR count). The Bertz CT molecular complexity index is 518. The minimum absolute atomic E-state index is 0.418. The highest BCUT2D eigenvalue weighted by atomic mass is 35.5. The van der Waals surface area contributed by atoms with Crippen molar-refractivity contribution in [3.63, 3.8) is 0 Å². The van der Waals surface area contributed by atoms with E-state index in [0.717, 1.165) is 36.1 Å². The van der Waals surface area contributed by atoms with Gasteiger partial charge in [0.15, 0.2) is 10.8 Å². The van der Waals surface area contributed by atoms with Crippen LogP contribution in [0.25, 0.3) is 4.96 Å². The van der Waals surface area contributed by atoms with Crippen molar-refractivity contribution in [2.45, 2.75) is 18.3 Å². The minimum atomic E-state index is 0.418. The van der Waals surface area contributed by atoms with E-state index in [0.29, 0.717) is 11.9 Å². The van der Waals surface area contributed by atoms with Gasteiger partial charge in [0.1, 0.15) is 0 Å². The van der Waals surface area contributed by atoms with Crippen LogP contribution in [0.4, 0.5) is 5.82 Å². The van der Waals surface area contributed by atoms with Gasteiger partial charge in [-0.15, -0.1) is 22.9 Å². The maximum Gasteiger partial charge on any atom is 0.195 e. The summed E-state index contributed by atoms with van der Waals surface area (Å²) in [4.78, 5) is 7.86. The molecule has 0 aliphatic carbocycles. The first-order chi connectivity index (χ1) is 8.31. The summed E-state index contributed by atoms with van der Waals surface area (Å²) < 4.78 is 7.49. The van der Waals surface area contributed by atoms with Crippen molar-refractivity contribution in [1.82, 2.24) is 9.38 Å². The Labute approximate surface area is 109 Å². The fourth-order valence-corrected chi connectivity index (χ4v) is 3.20. The lowest BCUT2D eigenvalue weighted by molar-refractivity contribution is 0.193. The van der Waals surface area contributed by atoms with Crippen LogP contribution in [0.1, 0.15) is 12.1 Å². The average molecular weight is 272 g/mol. The number of halogens is 1. The molecule has 1 unspecified atom stereocenters. The Kier molecular flexibility index (Phi) is 2.98. The third kappa shape index (κ3) is 1.82. The quantitative estimate of drug-likeness (QED) is 0.803. The largest absolute Gasteiger partial charge is 0.379 e. The van der Waals surface area contributed by atoms with E-state index >= 15 is 0 Å². The SMILES string of the molecule is CN(c1nc2sccn2c1CCl)C1CCOC1. The molecule has 1 aliphatic heterocycles. The van der Waals surface area contributed by atoms with Gasteiger partial charge < -0.3 is 9.64 Å². The molecule has 92 valence electrons. The molecule has 3 heterocycles. The predicted molar refractivity (Wildman–Crippen MR) is 70.3 cm³/mol. The molecule has 0 spiro atoms. The van der Waals surface area contributed by atoms with Crippen LogP contribution in [0.5, 0.6) is 0 Å². The number of imidazole rings is 1. The van der Waals surface area contributed by atoms with Gasteiger partial charge in [-0.1, -0.05) is 0 Å². The van der Waals surface area contributed by atoms with Crippen LogP contribution in [-0.2, 0) is 10.6 Å². The molecule has 0 amide bonds. The summed E-state index contributed by atoms with van der Waals surface area (Å²) in [5.41, 5.74) is 1.07. The number of ether oxygens (including phenoxy) is 1. The molecule has 2 aromatic heterocycles. The second kappa shape index (κ2) is 4.48. The summed E-state index contributed by atoms with van der Waals surface area (Å²) >= 11 is 7.68. The highest BCUT2D eigenvalue weighted by Gasteiger charge is 2.25. The van der Waals surface area contributed by atoms with Gasteiger partial charge in [-0.25, -0.2) is 4.98 Å². The first kappa shape index (κ1) is 11.3. The van der Waals surface area contributed by atoms with Crippen molar-refractivity contribution in [2.75, 3.05) is 25.2 Å². The fraction of sp³-hybridized carbons (Fsp3) is 0.545. The highest BCUT2D eigenvalue weighted by molar-refractivity contribution is 7.15. The second-order valence-corrected chi connectivity index (χ2v) is 5.34. The van der Waals surface area contributed by atoms with Gasteiger partial charge in [0.2, 0.25) is 0 Å². The number of aromatic nitrogens is 2. The Morgan fingerprint density at radius 3 is 3.29 bits per heavy atom. The number of nitrogens with zero attached hydrogens (tertiary/aromatic N) is 3. The third-order valence-electron chi connectivity index (χ3n) is 3.25. The zero-order valence-electron chi connectivity index (χ0n) is 9.60. The van der Waals surface area contributed by atoms with Gasteiger partial charge in [-0.05, 0) is 6.42 Å². The number of hydrogen-bond donors (Lipinski definition) is 0. The Morgan fingerprint density at radius 2 is 2.59 bits per heavy atom. The molecule has 17 heavy (non-hydrogen) atoms. The molecule has 6 heteroatoms. The van der Waals surface area contributed by atoms with Crippen molar-refractivity contribution in [2.24, 2.45) is 0 Å². The number of alkyl halides is 1. The molecule has 1 saturated heterocycles. The maximum absolute atomic E-state index is 6.05. The van der Waals surface area contributed by atoms with Crippen LogP contribution in [-0.4, -0.2) is 35.7 Å². The van der Waals surface area contributed by atoms with Crippen molar-refractivity contribution in [3.8, 4) is 0 Å². The Morgan fingerprint density at radius 1 is 1.71 bits per heavy atom. The van der Waals surface area contributed by atoms with E-state index in [1.54, 1.807) is 11.3 Å². The highest BCUT2D eigenvalue weighted by Crippen LogP contribution is 2.28. The van der Waals surface area contributed by atoms with Crippen molar-refractivity contribution >= 4 is 33.7 Å². The predicted octanol–water partition coefficient (Wildman–Crippen LogP) is 2.36. The van der Waals surface area contributed by atoms with Crippen molar-refractivity contribution < 1.29 is 4.74 Å². The van der Waals surface area contributed by atoms with E-state index in [2.05, 4.69) is 21.3 Å². The lowest BCUT2D eigenvalue weighted by Crippen LogP contribution is -2.32. The molecule has 2 aromatic rings. The first-order valence-electron chi connectivity index (χ1n) is 5.62. The van der Waals surface area contributed by atoms with Crippen LogP contribution in [0, 0.1) is 0 Å².